The van der Waals surface area contributed by atoms with Crippen LogP contribution in [0.4, 0.5) is 10.1 Å². The number of aliphatic imine (C=N–C) groups is 1. The Morgan fingerprint density at radius 3 is 2.63 bits per heavy atom. The van der Waals surface area contributed by atoms with Crippen molar-refractivity contribution in [3.8, 4) is 11.3 Å². The maximum Gasteiger partial charge on any atom is 0.238 e. The predicted octanol–water partition coefficient (Wildman–Crippen LogP) is 6.52. The van der Waals surface area contributed by atoms with Crippen molar-refractivity contribution in [2.45, 2.75) is 71.5 Å². The number of pyridine rings is 1. The molecule has 2 aromatic carbocycles. The molecule has 1 saturated carbocycles. The summed E-state index contributed by atoms with van der Waals surface area (Å²) >= 11 is 0. The molecular weight excluding hydrogens is 539 g/mol. The van der Waals surface area contributed by atoms with Crippen molar-refractivity contribution >= 4 is 17.6 Å². The van der Waals surface area contributed by atoms with E-state index in [9.17, 15) is 9.18 Å². The number of fused-ring (bicyclic) bond motifs is 3. The Morgan fingerprint density at radius 2 is 1.91 bits per heavy atom. The fourth-order valence-electron chi connectivity index (χ4n) is 6.80. The standard InChI is InChI=1S/C35H41FN6O/c1-6-23-19-24(15-17-27(23)29-18-16-25(36)20-37-29)22(2)38-32(39-26-11-8-7-9-12-26)28-21-42-31-14-10-13-30(31)40-34(42)41(5)33(43)35(28,3)4/h7-9,11-12,15-20,22,30-31,38-39H,6,10,13-14,21H2,1-5H3/b32-28-/t22?,30-,31+/m1/s1. The summed E-state index contributed by atoms with van der Waals surface area (Å²) in [5.41, 5.74) is 5.22. The van der Waals surface area contributed by atoms with Crippen molar-refractivity contribution in [1.29, 1.82) is 0 Å². The van der Waals surface area contributed by atoms with Crippen LogP contribution in [-0.4, -0.2) is 52.3 Å². The number of para-hydroxylation sites is 1. The van der Waals surface area contributed by atoms with Crippen LogP contribution in [0.2, 0.25) is 0 Å². The van der Waals surface area contributed by atoms with Gasteiger partial charge in [0.15, 0.2) is 0 Å². The van der Waals surface area contributed by atoms with Gasteiger partial charge in [0.2, 0.25) is 11.9 Å². The highest BCUT2D eigenvalue weighted by atomic mass is 19.1. The molecule has 1 amide bonds. The first-order valence-electron chi connectivity index (χ1n) is 15.4. The molecule has 2 fully saturated rings. The van der Waals surface area contributed by atoms with Gasteiger partial charge in [-0.05, 0) is 81.8 Å². The van der Waals surface area contributed by atoms with Gasteiger partial charge in [-0.15, -0.1) is 0 Å². The van der Waals surface area contributed by atoms with Crippen LogP contribution in [0.3, 0.4) is 0 Å². The number of anilines is 1. The largest absolute Gasteiger partial charge is 0.365 e. The molecular formula is C35H41FN6O. The van der Waals surface area contributed by atoms with Gasteiger partial charge in [-0.25, -0.2) is 9.38 Å². The molecule has 8 heteroatoms. The van der Waals surface area contributed by atoms with Crippen LogP contribution >= 0.6 is 0 Å². The van der Waals surface area contributed by atoms with Crippen LogP contribution in [-0.2, 0) is 11.2 Å². The molecule has 1 aromatic heterocycles. The molecule has 43 heavy (non-hydrogen) atoms. The smallest absolute Gasteiger partial charge is 0.238 e. The van der Waals surface area contributed by atoms with Crippen molar-refractivity contribution in [2.75, 3.05) is 18.9 Å². The third-order valence-electron chi connectivity index (χ3n) is 9.32. The highest BCUT2D eigenvalue weighted by molar-refractivity contribution is 6.02. The van der Waals surface area contributed by atoms with Crippen molar-refractivity contribution in [1.82, 2.24) is 20.1 Å². The summed E-state index contributed by atoms with van der Waals surface area (Å²) in [6.45, 7) is 8.93. The summed E-state index contributed by atoms with van der Waals surface area (Å²) in [4.78, 5) is 27.5. The molecule has 0 spiro atoms. The number of nitrogens with one attached hydrogen (secondary N) is 2. The van der Waals surface area contributed by atoms with E-state index in [1.54, 1.807) is 11.0 Å². The predicted molar refractivity (Wildman–Crippen MR) is 170 cm³/mol. The minimum Gasteiger partial charge on any atom is -0.365 e. The molecule has 3 heterocycles. The molecule has 3 atom stereocenters. The van der Waals surface area contributed by atoms with Crippen LogP contribution in [0, 0.1) is 11.2 Å². The van der Waals surface area contributed by atoms with Gasteiger partial charge >= 0.3 is 0 Å². The monoisotopic (exact) mass is 580 g/mol. The summed E-state index contributed by atoms with van der Waals surface area (Å²) < 4.78 is 13.5. The number of rotatable bonds is 7. The molecule has 0 radical (unpaired) electrons. The van der Waals surface area contributed by atoms with Crippen LogP contribution in [0.5, 0.6) is 0 Å². The van der Waals surface area contributed by atoms with Gasteiger partial charge in [0, 0.05) is 36.5 Å². The van der Waals surface area contributed by atoms with E-state index in [0.717, 1.165) is 71.1 Å². The number of hydrogen-bond acceptors (Lipinski definition) is 6. The first kappa shape index (κ1) is 28.9. The average molecular weight is 581 g/mol. The highest BCUT2D eigenvalue weighted by Crippen LogP contribution is 2.41. The third-order valence-corrected chi connectivity index (χ3v) is 9.32. The second-order valence-corrected chi connectivity index (χ2v) is 12.5. The van der Waals surface area contributed by atoms with Crippen molar-refractivity contribution < 1.29 is 9.18 Å². The quantitative estimate of drug-likeness (QED) is 0.333. The van der Waals surface area contributed by atoms with E-state index in [4.69, 9.17) is 4.99 Å². The lowest BCUT2D eigenvalue weighted by molar-refractivity contribution is -0.133. The Bertz CT molecular complexity index is 1560. The zero-order chi connectivity index (χ0) is 30.3. The van der Waals surface area contributed by atoms with Gasteiger partial charge in [-0.2, -0.15) is 0 Å². The van der Waals surface area contributed by atoms with Crippen molar-refractivity contribution in [3.05, 3.63) is 95.2 Å². The van der Waals surface area contributed by atoms with Gasteiger partial charge in [-0.1, -0.05) is 43.3 Å². The van der Waals surface area contributed by atoms with E-state index in [2.05, 4.69) is 52.6 Å². The minimum absolute atomic E-state index is 0.0370. The fourth-order valence-corrected chi connectivity index (χ4v) is 6.80. The molecule has 3 aliphatic rings. The van der Waals surface area contributed by atoms with Gasteiger partial charge in [-0.3, -0.25) is 14.7 Å². The molecule has 1 saturated heterocycles. The fraction of sp³-hybridized carbons (Fsp3) is 0.400. The third kappa shape index (κ3) is 5.39. The number of halogens is 1. The number of aromatic nitrogens is 1. The second kappa shape index (κ2) is 11.5. The van der Waals surface area contributed by atoms with Crippen LogP contribution in [0.1, 0.15) is 64.1 Å². The van der Waals surface area contributed by atoms with Gasteiger partial charge in [0.25, 0.3) is 0 Å². The Labute approximate surface area is 253 Å². The number of carbonyl (C=O) groups is 1. The Balaban J connectivity index is 1.40. The van der Waals surface area contributed by atoms with E-state index in [1.807, 2.05) is 51.2 Å². The number of aryl methyl sites for hydroxylation is 1. The number of nitrogens with zero attached hydrogens (tertiary/aromatic N) is 4. The summed E-state index contributed by atoms with van der Waals surface area (Å²) in [5, 5.41) is 7.46. The first-order valence-corrected chi connectivity index (χ1v) is 15.4. The van der Waals surface area contributed by atoms with Gasteiger partial charge < -0.3 is 15.5 Å². The number of guanidine groups is 1. The van der Waals surface area contributed by atoms with Crippen LogP contribution in [0.15, 0.2) is 83.2 Å². The maximum atomic E-state index is 14.0. The Hall–Kier alpha value is -4.20. The van der Waals surface area contributed by atoms with E-state index in [1.165, 1.54) is 12.3 Å². The summed E-state index contributed by atoms with van der Waals surface area (Å²) in [7, 11) is 1.87. The van der Waals surface area contributed by atoms with Crippen LogP contribution in [0.25, 0.3) is 11.3 Å². The van der Waals surface area contributed by atoms with E-state index in [0.29, 0.717) is 12.6 Å². The Morgan fingerprint density at radius 1 is 1.12 bits per heavy atom. The number of benzene rings is 2. The Kier molecular flexibility index (Phi) is 7.71. The number of carbonyl (C=O) groups excluding carboxylic acids is 1. The molecule has 6 rings (SSSR count). The zero-order valence-corrected chi connectivity index (χ0v) is 25.7. The normalized spacial score (nSPS) is 22.8. The SMILES string of the molecule is CCc1cc(C(C)N/C(Nc2ccccc2)=C2\CN3C(=N[C@@H]4CCC[C@@H]43)N(C)C(=O)C2(C)C)ccc1-c1ccc(F)cn1. The molecule has 1 aliphatic carbocycles. The summed E-state index contributed by atoms with van der Waals surface area (Å²) in [6, 6.07) is 20.2. The highest BCUT2D eigenvalue weighted by Gasteiger charge is 2.49. The molecule has 1 unspecified atom stereocenters. The van der Waals surface area contributed by atoms with Gasteiger partial charge in [0.1, 0.15) is 11.6 Å². The summed E-state index contributed by atoms with van der Waals surface area (Å²) in [6.07, 6.45) is 5.41. The number of hydrogen-bond donors (Lipinski definition) is 2. The lowest BCUT2D eigenvalue weighted by Crippen LogP contribution is -2.45. The van der Waals surface area contributed by atoms with E-state index >= 15 is 0 Å². The van der Waals surface area contributed by atoms with E-state index < -0.39 is 5.41 Å². The van der Waals surface area contributed by atoms with E-state index in [-0.39, 0.29) is 23.8 Å². The molecule has 224 valence electrons. The second-order valence-electron chi connectivity index (χ2n) is 12.5. The average Bonchev–Trinajstić information content (AvgIpc) is 3.59. The molecule has 2 N–H and O–H groups in total. The van der Waals surface area contributed by atoms with Crippen LogP contribution < -0.4 is 10.6 Å². The van der Waals surface area contributed by atoms with Crippen molar-refractivity contribution in [2.24, 2.45) is 10.4 Å². The minimum atomic E-state index is -0.772. The maximum absolute atomic E-state index is 14.0. The lowest BCUT2D eigenvalue weighted by atomic mass is 9.82. The molecule has 3 aromatic rings. The molecule has 2 aliphatic heterocycles. The first-order chi connectivity index (χ1) is 20.7. The number of amides is 1. The molecule has 0 bridgehead atoms. The molecule has 7 nitrogen and oxygen atoms in total. The lowest BCUT2D eigenvalue weighted by Gasteiger charge is -2.32. The van der Waals surface area contributed by atoms with Gasteiger partial charge in [0.05, 0.1) is 29.4 Å². The topological polar surface area (TPSA) is 72.9 Å². The zero-order valence-electron chi connectivity index (χ0n) is 25.7. The summed E-state index contributed by atoms with van der Waals surface area (Å²) in [5.74, 6) is 1.34. The van der Waals surface area contributed by atoms with Crippen molar-refractivity contribution in [3.63, 3.8) is 0 Å².